The zero-order valence-corrected chi connectivity index (χ0v) is 11.2. The Morgan fingerprint density at radius 3 is 2.94 bits per heavy atom. The third kappa shape index (κ3) is 2.30. The SMILES string of the molecule is CC1OCCC1(Nc1cccc(Br)c1)C(N)=O. The Hall–Kier alpha value is -1.07. The molecule has 0 aromatic heterocycles. The Morgan fingerprint density at radius 2 is 2.41 bits per heavy atom. The summed E-state index contributed by atoms with van der Waals surface area (Å²) in [5, 5.41) is 3.21. The number of nitrogens with one attached hydrogen (secondary N) is 1. The zero-order valence-electron chi connectivity index (χ0n) is 9.57. The van der Waals surface area contributed by atoms with Crippen molar-refractivity contribution in [3.05, 3.63) is 28.7 Å². The molecule has 0 aliphatic carbocycles. The van der Waals surface area contributed by atoms with E-state index in [1.54, 1.807) is 0 Å². The summed E-state index contributed by atoms with van der Waals surface area (Å²) < 4.78 is 6.41. The standard InChI is InChI=1S/C12H15BrN2O2/c1-8-12(11(14)16,5-6-17-8)15-10-4-2-3-9(13)7-10/h2-4,7-8,15H,5-6H2,1H3,(H2,14,16). The van der Waals surface area contributed by atoms with Crippen LogP contribution >= 0.6 is 15.9 Å². The minimum absolute atomic E-state index is 0.223. The van der Waals surface area contributed by atoms with Gasteiger partial charge in [0.2, 0.25) is 5.91 Å². The molecule has 17 heavy (non-hydrogen) atoms. The zero-order chi connectivity index (χ0) is 12.5. The number of anilines is 1. The van der Waals surface area contributed by atoms with Crippen molar-refractivity contribution in [2.24, 2.45) is 5.73 Å². The predicted octanol–water partition coefficient (Wildman–Crippen LogP) is 1.89. The highest BCUT2D eigenvalue weighted by Gasteiger charge is 2.46. The van der Waals surface area contributed by atoms with Crippen molar-refractivity contribution in [1.82, 2.24) is 0 Å². The topological polar surface area (TPSA) is 64.3 Å². The van der Waals surface area contributed by atoms with Crippen LogP contribution in [0.2, 0.25) is 0 Å². The van der Waals surface area contributed by atoms with Gasteiger partial charge in [-0.1, -0.05) is 22.0 Å². The molecular weight excluding hydrogens is 284 g/mol. The quantitative estimate of drug-likeness (QED) is 0.896. The van der Waals surface area contributed by atoms with E-state index in [0.717, 1.165) is 10.2 Å². The highest BCUT2D eigenvalue weighted by Crippen LogP contribution is 2.30. The number of carbonyl (C=O) groups excluding carboxylic acids is 1. The third-order valence-corrected chi connectivity index (χ3v) is 3.68. The molecule has 4 nitrogen and oxygen atoms in total. The molecule has 1 fully saturated rings. The summed E-state index contributed by atoms with van der Waals surface area (Å²) in [5.41, 5.74) is 5.57. The predicted molar refractivity (Wildman–Crippen MR) is 69.7 cm³/mol. The van der Waals surface area contributed by atoms with Crippen molar-refractivity contribution in [3.8, 4) is 0 Å². The van der Waals surface area contributed by atoms with Gasteiger partial charge in [-0.25, -0.2) is 0 Å². The van der Waals surface area contributed by atoms with Gasteiger partial charge in [0.05, 0.1) is 6.10 Å². The highest BCUT2D eigenvalue weighted by molar-refractivity contribution is 9.10. The minimum Gasteiger partial charge on any atom is -0.375 e. The summed E-state index contributed by atoms with van der Waals surface area (Å²) in [6.45, 7) is 2.41. The van der Waals surface area contributed by atoms with E-state index < -0.39 is 5.54 Å². The fourth-order valence-corrected chi connectivity index (χ4v) is 2.51. The highest BCUT2D eigenvalue weighted by atomic mass is 79.9. The van der Waals surface area contributed by atoms with Crippen LogP contribution in [0.5, 0.6) is 0 Å². The first-order valence-electron chi connectivity index (χ1n) is 5.50. The Kier molecular flexibility index (Phi) is 3.40. The van der Waals surface area contributed by atoms with Gasteiger partial charge in [-0.3, -0.25) is 4.79 Å². The van der Waals surface area contributed by atoms with Gasteiger partial charge >= 0.3 is 0 Å². The van der Waals surface area contributed by atoms with Crippen LogP contribution in [0.4, 0.5) is 5.69 Å². The molecule has 2 atom stereocenters. The van der Waals surface area contributed by atoms with Crippen molar-refractivity contribution in [2.45, 2.75) is 25.0 Å². The molecule has 1 saturated heterocycles. The van der Waals surface area contributed by atoms with Gasteiger partial charge in [0.25, 0.3) is 0 Å². The number of amides is 1. The smallest absolute Gasteiger partial charge is 0.245 e. The second-order valence-electron chi connectivity index (χ2n) is 4.23. The molecule has 2 unspecified atom stereocenters. The summed E-state index contributed by atoms with van der Waals surface area (Å²) in [7, 11) is 0. The van der Waals surface area contributed by atoms with Crippen LogP contribution in [0.25, 0.3) is 0 Å². The molecule has 5 heteroatoms. The number of benzene rings is 1. The van der Waals surface area contributed by atoms with Gasteiger partial charge in [-0.2, -0.15) is 0 Å². The molecule has 92 valence electrons. The molecular formula is C12H15BrN2O2. The van der Waals surface area contributed by atoms with Crippen molar-refractivity contribution in [2.75, 3.05) is 11.9 Å². The van der Waals surface area contributed by atoms with Gasteiger partial charge in [-0.15, -0.1) is 0 Å². The number of primary amides is 1. The fraction of sp³-hybridized carbons (Fsp3) is 0.417. The van der Waals surface area contributed by atoms with Gasteiger partial charge in [0.1, 0.15) is 5.54 Å². The second kappa shape index (κ2) is 4.66. The monoisotopic (exact) mass is 298 g/mol. The minimum atomic E-state index is -0.805. The summed E-state index contributed by atoms with van der Waals surface area (Å²) in [5.74, 6) is -0.373. The number of halogens is 1. The molecule has 0 saturated carbocycles. The molecule has 1 amide bonds. The van der Waals surface area contributed by atoms with E-state index in [1.165, 1.54) is 0 Å². The van der Waals surface area contributed by atoms with E-state index in [0.29, 0.717) is 13.0 Å². The van der Waals surface area contributed by atoms with Crippen LogP contribution in [0.3, 0.4) is 0 Å². The number of hydrogen-bond acceptors (Lipinski definition) is 3. The summed E-state index contributed by atoms with van der Waals surface area (Å²) in [6, 6.07) is 7.65. The van der Waals surface area contributed by atoms with Crippen molar-refractivity contribution in [3.63, 3.8) is 0 Å². The van der Waals surface area contributed by atoms with Crippen molar-refractivity contribution in [1.29, 1.82) is 0 Å². The molecule has 3 N–H and O–H groups in total. The Balaban J connectivity index is 2.28. The molecule has 1 aromatic rings. The number of hydrogen-bond donors (Lipinski definition) is 2. The lowest BCUT2D eigenvalue weighted by Gasteiger charge is -2.31. The largest absolute Gasteiger partial charge is 0.375 e. The summed E-state index contributed by atoms with van der Waals surface area (Å²) in [6.07, 6.45) is 0.370. The molecule has 1 aliphatic rings. The summed E-state index contributed by atoms with van der Waals surface area (Å²) >= 11 is 3.39. The lowest BCUT2D eigenvalue weighted by molar-refractivity contribution is -0.123. The molecule has 0 bridgehead atoms. The van der Waals surface area contributed by atoms with E-state index >= 15 is 0 Å². The van der Waals surface area contributed by atoms with Gasteiger partial charge < -0.3 is 15.8 Å². The van der Waals surface area contributed by atoms with Crippen LogP contribution in [-0.4, -0.2) is 24.2 Å². The molecule has 2 rings (SSSR count). The lowest BCUT2D eigenvalue weighted by atomic mass is 9.90. The Morgan fingerprint density at radius 1 is 1.65 bits per heavy atom. The van der Waals surface area contributed by atoms with E-state index in [9.17, 15) is 4.79 Å². The average molecular weight is 299 g/mol. The second-order valence-corrected chi connectivity index (χ2v) is 5.15. The Bertz CT molecular complexity index is 438. The van der Waals surface area contributed by atoms with E-state index in [2.05, 4.69) is 21.2 Å². The van der Waals surface area contributed by atoms with E-state index in [-0.39, 0.29) is 12.0 Å². The van der Waals surface area contributed by atoms with Gasteiger partial charge in [0, 0.05) is 23.2 Å². The summed E-state index contributed by atoms with van der Waals surface area (Å²) in [4.78, 5) is 11.7. The number of rotatable bonds is 3. The fourth-order valence-electron chi connectivity index (χ4n) is 2.12. The normalized spacial score (nSPS) is 28.0. The van der Waals surface area contributed by atoms with Crippen LogP contribution in [-0.2, 0) is 9.53 Å². The van der Waals surface area contributed by atoms with Gasteiger partial charge in [0.15, 0.2) is 0 Å². The van der Waals surface area contributed by atoms with Crippen molar-refractivity contribution >= 4 is 27.5 Å². The number of carbonyl (C=O) groups is 1. The van der Waals surface area contributed by atoms with Crippen molar-refractivity contribution < 1.29 is 9.53 Å². The van der Waals surface area contributed by atoms with Crippen LogP contribution in [0.1, 0.15) is 13.3 Å². The third-order valence-electron chi connectivity index (χ3n) is 3.19. The molecule has 1 heterocycles. The Labute approximate surface area is 109 Å². The van der Waals surface area contributed by atoms with Crippen LogP contribution < -0.4 is 11.1 Å². The van der Waals surface area contributed by atoms with Crippen LogP contribution in [0.15, 0.2) is 28.7 Å². The molecule has 0 spiro atoms. The lowest BCUT2D eigenvalue weighted by Crippen LogP contribution is -2.55. The first kappa shape index (κ1) is 12.4. The van der Waals surface area contributed by atoms with Crippen LogP contribution in [0, 0.1) is 0 Å². The first-order valence-corrected chi connectivity index (χ1v) is 6.29. The van der Waals surface area contributed by atoms with E-state index in [4.69, 9.17) is 10.5 Å². The number of ether oxygens (including phenoxy) is 1. The molecule has 1 aliphatic heterocycles. The average Bonchev–Trinajstić information content (AvgIpc) is 2.61. The van der Waals surface area contributed by atoms with Gasteiger partial charge in [-0.05, 0) is 25.1 Å². The molecule has 1 aromatic carbocycles. The maximum atomic E-state index is 11.7. The maximum Gasteiger partial charge on any atom is 0.245 e. The maximum absolute atomic E-state index is 11.7. The number of nitrogens with two attached hydrogens (primary N) is 1. The first-order chi connectivity index (χ1) is 8.04. The van der Waals surface area contributed by atoms with E-state index in [1.807, 2.05) is 31.2 Å². The molecule has 0 radical (unpaired) electrons.